The minimum Gasteiger partial charge on any atom is -0.493 e. The molecule has 0 atom stereocenters. The molecule has 0 aliphatic rings. The van der Waals surface area contributed by atoms with E-state index >= 15 is 0 Å². The second kappa shape index (κ2) is 7.01. The third-order valence-electron chi connectivity index (χ3n) is 3.44. The lowest BCUT2D eigenvalue weighted by molar-refractivity contribution is 0.313. The molecule has 0 bridgehead atoms. The molecule has 0 saturated carbocycles. The highest BCUT2D eigenvalue weighted by molar-refractivity contribution is 6.31. The Kier molecular flexibility index (Phi) is 5.95. The van der Waals surface area contributed by atoms with Gasteiger partial charge in [-0.15, -0.1) is 0 Å². The van der Waals surface area contributed by atoms with Crippen LogP contribution in [0.2, 0.25) is 5.02 Å². The first-order chi connectivity index (χ1) is 8.93. The van der Waals surface area contributed by atoms with E-state index in [0.29, 0.717) is 12.3 Å². The van der Waals surface area contributed by atoms with Gasteiger partial charge in [-0.05, 0) is 42.9 Å². The predicted octanol–water partition coefficient (Wildman–Crippen LogP) is 3.66. The number of methoxy groups -OCH3 is 2. The fourth-order valence-corrected chi connectivity index (χ4v) is 2.32. The molecule has 0 aliphatic heterocycles. The minimum absolute atomic E-state index is 0.227. The first kappa shape index (κ1) is 16.1. The monoisotopic (exact) mass is 285 g/mol. The Hall–Kier alpha value is -0.930. The number of hydrogen-bond acceptors (Lipinski definition) is 3. The van der Waals surface area contributed by atoms with Gasteiger partial charge in [0.2, 0.25) is 0 Å². The Morgan fingerprint density at radius 3 is 2.21 bits per heavy atom. The molecule has 0 saturated heterocycles. The summed E-state index contributed by atoms with van der Waals surface area (Å²) in [7, 11) is 3.24. The fraction of sp³-hybridized carbons (Fsp3) is 0.600. The first-order valence-electron chi connectivity index (χ1n) is 6.54. The molecule has 0 aromatic heterocycles. The van der Waals surface area contributed by atoms with E-state index in [1.807, 2.05) is 12.1 Å². The number of halogens is 1. The highest BCUT2D eigenvalue weighted by Gasteiger charge is 2.18. The van der Waals surface area contributed by atoms with Crippen molar-refractivity contribution in [3.8, 4) is 11.5 Å². The lowest BCUT2D eigenvalue weighted by atomic mass is 9.83. The quantitative estimate of drug-likeness (QED) is 0.831. The molecule has 1 rings (SSSR count). The van der Waals surface area contributed by atoms with Gasteiger partial charge in [0.05, 0.1) is 14.2 Å². The van der Waals surface area contributed by atoms with Crippen LogP contribution in [-0.4, -0.2) is 20.8 Å². The van der Waals surface area contributed by atoms with Crippen LogP contribution in [0, 0.1) is 5.41 Å². The molecule has 1 aromatic rings. The van der Waals surface area contributed by atoms with Crippen LogP contribution in [0.3, 0.4) is 0 Å². The summed E-state index contributed by atoms with van der Waals surface area (Å²) < 4.78 is 10.5. The van der Waals surface area contributed by atoms with Crippen molar-refractivity contribution in [2.45, 2.75) is 33.1 Å². The molecule has 0 amide bonds. The van der Waals surface area contributed by atoms with E-state index in [0.717, 1.165) is 35.6 Å². The van der Waals surface area contributed by atoms with Gasteiger partial charge < -0.3 is 15.2 Å². The summed E-state index contributed by atoms with van der Waals surface area (Å²) in [6.45, 7) is 5.18. The van der Waals surface area contributed by atoms with Crippen molar-refractivity contribution in [2.75, 3.05) is 20.8 Å². The molecule has 108 valence electrons. The van der Waals surface area contributed by atoms with Crippen LogP contribution in [-0.2, 0) is 6.42 Å². The Bertz CT molecular complexity index is 419. The Morgan fingerprint density at radius 2 is 1.68 bits per heavy atom. The highest BCUT2D eigenvalue weighted by Crippen LogP contribution is 2.35. The van der Waals surface area contributed by atoms with Gasteiger partial charge in [0.25, 0.3) is 0 Å². The largest absolute Gasteiger partial charge is 0.493 e. The van der Waals surface area contributed by atoms with E-state index < -0.39 is 0 Å². The third kappa shape index (κ3) is 4.59. The highest BCUT2D eigenvalue weighted by atomic mass is 35.5. The van der Waals surface area contributed by atoms with Crippen LogP contribution in [0.25, 0.3) is 0 Å². The maximum absolute atomic E-state index is 6.28. The van der Waals surface area contributed by atoms with Crippen molar-refractivity contribution in [1.82, 2.24) is 0 Å². The van der Waals surface area contributed by atoms with E-state index in [4.69, 9.17) is 26.8 Å². The van der Waals surface area contributed by atoms with Crippen LogP contribution >= 0.6 is 11.6 Å². The molecule has 0 radical (unpaired) electrons. The number of aryl methyl sites for hydroxylation is 1. The van der Waals surface area contributed by atoms with Crippen molar-refractivity contribution in [2.24, 2.45) is 11.1 Å². The normalized spacial score (nSPS) is 11.5. The van der Waals surface area contributed by atoms with E-state index in [2.05, 4.69) is 13.8 Å². The summed E-state index contributed by atoms with van der Waals surface area (Å²) in [6, 6.07) is 3.77. The van der Waals surface area contributed by atoms with Crippen molar-refractivity contribution in [3.05, 3.63) is 22.7 Å². The van der Waals surface area contributed by atoms with E-state index in [1.54, 1.807) is 14.2 Å². The van der Waals surface area contributed by atoms with Crippen LogP contribution in [0.4, 0.5) is 0 Å². The average molecular weight is 286 g/mol. The second-order valence-electron chi connectivity index (χ2n) is 5.50. The van der Waals surface area contributed by atoms with Gasteiger partial charge in [0, 0.05) is 11.1 Å². The van der Waals surface area contributed by atoms with Gasteiger partial charge in [-0.3, -0.25) is 0 Å². The van der Waals surface area contributed by atoms with Crippen molar-refractivity contribution in [3.63, 3.8) is 0 Å². The number of rotatable bonds is 7. The molecule has 4 heteroatoms. The molecule has 0 aliphatic carbocycles. The molecule has 19 heavy (non-hydrogen) atoms. The van der Waals surface area contributed by atoms with Gasteiger partial charge in [-0.2, -0.15) is 0 Å². The maximum Gasteiger partial charge on any atom is 0.162 e. The molecule has 0 heterocycles. The van der Waals surface area contributed by atoms with Crippen LogP contribution < -0.4 is 15.2 Å². The van der Waals surface area contributed by atoms with Crippen molar-refractivity contribution in [1.29, 1.82) is 0 Å². The van der Waals surface area contributed by atoms with Gasteiger partial charge in [-0.25, -0.2) is 0 Å². The number of ether oxygens (including phenoxy) is 2. The zero-order valence-electron chi connectivity index (χ0n) is 12.3. The Morgan fingerprint density at radius 1 is 1.11 bits per heavy atom. The molecule has 1 aromatic carbocycles. The summed E-state index contributed by atoms with van der Waals surface area (Å²) >= 11 is 6.28. The number of benzene rings is 1. The van der Waals surface area contributed by atoms with Gasteiger partial charge in [0.15, 0.2) is 11.5 Å². The zero-order chi connectivity index (χ0) is 14.5. The standard InChI is InChI=1S/C15H24ClNO2/c1-15(2,7-8-17)6-5-11-9-13(18-3)14(19-4)10-12(11)16/h9-10H,5-8,17H2,1-4H3. The average Bonchev–Trinajstić information content (AvgIpc) is 2.36. The summed E-state index contributed by atoms with van der Waals surface area (Å²) in [6.07, 6.45) is 2.96. The smallest absolute Gasteiger partial charge is 0.162 e. The lowest BCUT2D eigenvalue weighted by Gasteiger charge is -2.24. The van der Waals surface area contributed by atoms with Crippen molar-refractivity contribution >= 4 is 11.6 Å². The fourth-order valence-electron chi connectivity index (χ4n) is 2.08. The number of hydrogen-bond donors (Lipinski definition) is 1. The number of nitrogens with two attached hydrogens (primary N) is 1. The topological polar surface area (TPSA) is 44.5 Å². The first-order valence-corrected chi connectivity index (χ1v) is 6.92. The van der Waals surface area contributed by atoms with Gasteiger partial charge in [-0.1, -0.05) is 25.4 Å². The molecule has 3 nitrogen and oxygen atoms in total. The molecular formula is C15H24ClNO2. The van der Waals surface area contributed by atoms with E-state index in [-0.39, 0.29) is 5.41 Å². The Labute approximate surface area is 121 Å². The van der Waals surface area contributed by atoms with Crippen LogP contribution in [0.15, 0.2) is 12.1 Å². The van der Waals surface area contributed by atoms with Gasteiger partial charge in [0.1, 0.15) is 0 Å². The predicted molar refractivity (Wildman–Crippen MR) is 80.3 cm³/mol. The van der Waals surface area contributed by atoms with Gasteiger partial charge >= 0.3 is 0 Å². The summed E-state index contributed by atoms with van der Waals surface area (Å²) in [5.41, 5.74) is 6.95. The minimum atomic E-state index is 0.227. The zero-order valence-corrected chi connectivity index (χ0v) is 13.0. The molecule has 0 unspecified atom stereocenters. The van der Waals surface area contributed by atoms with E-state index in [1.165, 1.54) is 0 Å². The summed E-state index contributed by atoms with van der Waals surface area (Å²) in [5, 5.41) is 0.723. The third-order valence-corrected chi connectivity index (χ3v) is 3.80. The maximum atomic E-state index is 6.28. The molecule has 0 spiro atoms. The van der Waals surface area contributed by atoms with E-state index in [9.17, 15) is 0 Å². The SMILES string of the molecule is COc1cc(Cl)c(CCC(C)(C)CCN)cc1OC. The lowest BCUT2D eigenvalue weighted by Crippen LogP contribution is -2.17. The van der Waals surface area contributed by atoms with Crippen LogP contribution in [0.5, 0.6) is 11.5 Å². The Balaban J connectivity index is 2.84. The van der Waals surface area contributed by atoms with Crippen molar-refractivity contribution < 1.29 is 9.47 Å². The molecule has 0 fully saturated rings. The summed E-state index contributed by atoms with van der Waals surface area (Å²) in [4.78, 5) is 0. The van der Waals surface area contributed by atoms with Crippen LogP contribution in [0.1, 0.15) is 32.3 Å². The molecule has 2 N–H and O–H groups in total. The second-order valence-corrected chi connectivity index (χ2v) is 5.91. The summed E-state index contributed by atoms with van der Waals surface area (Å²) in [5.74, 6) is 1.39. The molecular weight excluding hydrogens is 262 g/mol.